The number of hydrogen-bond donors (Lipinski definition) is 0. The third-order valence-corrected chi connectivity index (χ3v) is 11.3. The van der Waals surface area contributed by atoms with Gasteiger partial charge in [-0.25, -0.2) is 15.0 Å². The Morgan fingerprint density at radius 2 is 0.828 bits per heavy atom. The zero-order valence-corrected chi connectivity index (χ0v) is 31.1. The molecule has 0 amide bonds. The molecule has 0 unspecified atom stereocenters. The molecule has 3 aromatic heterocycles. The fourth-order valence-electron chi connectivity index (χ4n) is 8.61. The summed E-state index contributed by atoms with van der Waals surface area (Å²) in [5, 5.41) is 8.49. The molecule has 0 radical (unpaired) electrons. The third-order valence-electron chi connectivity index (χ3n) is 11.3. The summed E-state index contributed by atoms with van der Waals surface area (Å²) in [5.74, 6) is 1.63. The van der Waals surface area contributed by atoms with Crippen LogP contribution in [0.2, 0.25) is 0 Å². The molecule has 0 aliphatic rings. The average molecular weight is 742 g/mol. The first kappa shape index (κ1) is 32.4. The van der Waals surface area contributed by atoms with E-state index in [2.05, 4.69) is 146 Å². The fourth-order valence-corrected chi connectivity index (χ4v) is 8.61. The highest BCUT2D eigenvalue weighted by Gasteiger charge is 2.23. The minimum absolute atomic E-state index is 0.523. The summed E-state index contributed by atoms with van der Waals surface area (Å²) in [6, 6.07) is 65.1. The van der Waals surface area contributed by atoms with Crippen LogP contribution in [0.5, 0.6) is 0 Å². The third kappa shape index (κ3) is 5.14. The molecule has 0 bridgehead atoms. The van der Waals surface area contributed by atoms with E-state index in [4.69, 9.17) is 23.8 Å². The van der Waals surface area contributed by atoms with Crippen molar-refractivity contribution in [2.24, 2.45) is 0 Å². The highest BCUT2D eigenvalue weighted by molar-refractivity contribution is 6.22. The van der Waals surface area contributed by atoms with Gasteiger partial charge in [-0.3, -0.25) is 0 Å². The standard InChI is InChI=1S/C53H31N3O2/c1-3-15-32(16-4-1)36-29-43(48-40-23-11-13-25-45(40)57-47(48)31-36)52-54-51(37-27-34-19-7-9-21-38(34)42(30-37)33-17-5-2-6-18-33)55-53(56-52)44-28-35-20-8-10-22-39(35)49-41-24-12-14-26-46(41)58-50(44)49/h1-31H. The van der Waals surface area contributed by atoms with E-state index in [0.717, 1.165) is 104 Å². The first-order valence-electron chi connectivity index (χ1n) is 19.4. The van der Waals surface area contributed by atoms with Crippen LogP contribution in [0.15, 0.2) is 197 Å². The van der Waals surface area contributed by atoms with E-state index in [9.17, 15) is 0 Å². The summed E-state index contributed by atoms with van der Waals surface area (Å²) in [4.78, 5) is 16.2. The Kier molecular flexibility index (Phi) is 7.16. The second-order valence-corrected chi connectivity index (χ2v) is 14.7. The van der Waals surface area contributed by atoms with Crippen molar-refractivity contribution < 1.29 is 8.83 Å². The summed E-state index contributed by atoms with van der Waals surface area (Å²) < 4.78 is 13.3. The van der Waals surface area contributed by atoms with E-state index >= 15 is 0 Å². The molecule has 0 aliphatic carbocycles. The Labute approximate surface area is 332 Å². The molecule has 0 aliphatic heterocycles. The SMILES string of the molecule is c1ccc(-c2cc(-c3nc(-c4cc(-c5ccccc5)c5ccccc5c4)nc(-c4cc5ccccc5c5c4oc4ccccc45)n3)c3c(c2)oc2ccccc23)cc1. The molecule has 0 fully saturated rings. The van der Waals surface area contributed by atoms with Gasteiger partial charge in [0, 0.05) is 32.7 Å². The first-order chi connectivity index (χ1) is 28.7. The van der Waals surface area contributed by atoms with Crippen molar-refractivity contribution in [1.29, 1.82) is 0 Å². The summed E-state index contributed by atoms with van der Waals surface area (Å²) in [6.07, 6.45) is 0. The number of aromatic nitrogens is 3. The lowest BCUT2D eigenvalue weighted by molar-refractivity contribution is 0.669. The van der Waals surface area contributed by atoms with E-state index in [1.54, 1.807) is 0 Å². The molecule has 0 spiro atoms. The highest BCUT2D eigenvalue weighted by atomic mass is 16.3. The smallest absolute Gasteiger partial charge is 0.167 e. The maximum Gasteiger partial charge on any atom is 0.167 e. The lowest BCUT2D eigenvalue weighted by Gasteiger charge is -2.14. The van der Waals surface area contributed by atoms with Crippen LogP contribution >= 0.6 is 0 Å². The topological polar surface area (TPSA) is 65.0 Å². The summed E-state index contributed by atoms with van der Waals surface area (Å²) >= 11 is 0. The van der Waals surface area contributed by atoms with Crippen molar-refractivity contribution in [1.82, 2.24) is 15.0 Å². The molecule has 0 saturated heterocycles. The van der Waals surface area contributed by atoms with E-state index in [1.807, 2.05) is 42.5 Å². The van der Waals surface area contributed by atoms with Crippen LogP contribution in [0.3, 0.4) is 0 Å². The zero-order chi connectivity index (χ0) is 38.2. The van der Waals surface area contributed by atoms with Gasteiger partial charge in [-0.2, -0.15) is 0 Å². The molecule has 5 heteroatoms. The largest absolute Gasteiger partial charge is 0.456 e. The van der Waals surface area contributed by atoms with Gasteiger partial charge in [0.25, 0.3) is 0 Å². The van der Waals surface area contributed by atoms with Crippen molar-refractivity contribution in [3.05, 3.63) is 188 Å². The van der Waals surface area contributed by atoms with Crippen molar-refractivity contribution in [2.75, 3.05) is 0 Å². The molecule has 12 rings (SSSR count). The quantitative estimate of drug-likeness (QED) is 0.176. The highest BCUT2D eigenvalue weighted by Crippen LogP contribution is 2.43. The van der Waals surface area contributed by atoms with E-state index in [0.29, 0.717) is 17.5 Å². The minimum atomic E-state index is 0.523. The average Bonchev–Trinajstić information content (AvgIpc) is 3.88. The van der Waals surface area contributed by atoms with Crippen molar-refractivity contribution in [3.8, 4) is 56.4 Å². The first-order valence-corrected chi connectivity index (χ1v) is 19.4. The lowest BCUT2D eigenvalue weighted by atomic mass is 9.95. The predicted octanol–water partition coefficient (Wildman–Crippen LogP) is 14.3. The van der Waals surface area contributed by atoms with Gasteiger partial charge in [0.1, 0.15) is 22.3 Å². The summed E-state index contributed by atoms with van der Waals surface area (Å²) in [5.41, 5.74) is 9.97. The number of rotatable bonds is 5. The number of benzene rings is 9. The molecule has 5 nitrogen and oxygen atoms in total. The maximum atomic E-state index is 6.75. The summed E-state index contributed by atoms with van der Waals surface area (Å²) in [7, 11) is 0. The number of fused-ring (bicyclic) bond motifs is 9. The van der Waals surface area contributed by atoms with Gasteiger partial charge in [0.15, 0.2) is 17.5 Å². The molecule has 0 N–H and O–H groups in total. The Morgan fingerprint density at radius 3 is 1.57 bits per heavy atom. The number of nitrogens with zero attached hydrogens (tertiary/aromatic N) is 3. The Balaban J connectivity index is 1.21. The van der Waals surface area contributed by atoms with Crippen LogP contribution in [-0.2, 0) is 0 Å². The summed E-state index contributed by atoms with van der Waals surface area (Å²) in [6.45, 7) is 0. The second-order valence-electron chi connectivity index (χ2n) is 14.7. The Morgan fingerprint density at radius 1 is 0.293 bits per heavy atom. The van der Waals surface area contributed by atoms with Gasteiger partial charge in [-0.15, -0.1) is 0 Å². The van der Waals surface area contributed by atoms with Crippen molar-refractivity contribution >= 4 is 65.4 Å². The lowest BCUT2D eigenvalue weighted by Crippen LogP contribution is -2.01. The molecule has 12 aromatic rings. The van der Waals surface area contributed by atoms with Gasteiger partial charge < -0.3 is 8.83 Å². The van der Waals surface area contributed by atoms with E-state index in [1.165, 1.54) is 0 Å². The predicted molar refractivity (Wildman–Crippen MR) is 237 cm³/mol. The number of para-hydroxylation sites is 2. The monoisotopic (exact) mass is 741 g/mol. The van der Waals surface area contributed by atoms with Crippen molar-refractivity contribution in [3.63, 3.8) is 0 Å². The second kappa shape index (κ2) is 12.8. The Bertz CT molecular complexity index is 3570. The number of furan rings is 2. The van der Waals surface area contributed by atoms with Gasteiger partial charge in [-0.1, -0.05) is 146 Å². The van der Waals surface area contributed by atoms with Crippen LogP contribution in [0.1, 0.15) is 0 Å². The van der Waals surface area contributed by atoms with Crippen LogP contribution in [0.25, 0.3) is 122 Å². The van der Waals surface area contributed by atoms with Gasteiger partial charge >= 0.3 is 0 Å². The van der Waals surface area contributed by atoms with E-state index in [-0.39, 0.29) is 0 Å². The van der Waals surface area contributed by atoms with Gasteiger partial charge in [-0.05, 0) is 86.3 Å². The number of hydrogen-bond acceptors (Lipinski definition) is 5. The Hall–Kier alpha value is -7.89. The fraction of sp³-hybridized carbons (Fsp3) is 0. The molecular formula is C53H31N3O2. The van der Waals surface area contributed by atoms with Crippen LogP contribution < -0.4 is 0 Å². The maximum absolute atomic E-state index is 6.75. The molecule has 0 atom stereocenters. The van der Waals surface area contributed by atoms with Crippen molar-refractivity contribution in [2.45, 2.75) is 0 Å². The molecule has 270 valence electrons. The normalized spacial score (nSPS) is 11.8. The van der Waals surface area contributed by atoms with Gasteiger partial charge in [0.2, 0.25) is 0 Å². The van der Waals surface area contributed by atoms with E-state index < -0.39 is 0 Å². The molecule has 58 heavy (non-hydrogen) atoms. The zero-order valence-electron chi connectivity index (χ0n) is 31.1. The molecular weight excluding hydrogens is 711 g/mol. The molecule has 3 heterocycles. The van der Waals surface area contributed by atoms with Crippen LogP contribution in [0.4, 0.5) is 0 Å². The van der Waals surface area contributed by atoms with Crippen LogP contribution in [-0.4, -0.2) is 15.0 Å². The molecule has 9 aromatic carbocycles. The van der Waals surface area contributed by atoms with Gasteiger partial charge in [0.05, 0.1) is 5.56 Å². The van der Waals surface area contributed by atoms with Crippen LogP contribution in [0, 0.1) is 0 Å². The molecule has 0 saturated carbocycles. The minimum Gasteiger partial charge on any atom is -0.456 e.